The highest BCUT2D eigenvalue weighted by atomic mass is 32.1. The van der Waals surface area contributed by atoms with Gasteiger partial charge in [-0.2, -0.15) is 0 Å². The number of rotatable bonds is 2. The van der Waals surface area contributed by atoms with Gasteiger partial charge in [0, 0.05) is 36.7 Å². The van der Waals surface area contributed by atoms with Crippen molar-refractivity contribution in [2.75, 3.05) is 6.54 Å². The highest BCUT2D eigenvalue weighted by Crippen LogP contribution is 2.32. The van der Waals surface area contributed by atoms with Gasteiger partial charge in [-0.05, 0) is 24.5 Å². The number of aromatic nitrogens is 3. The van der Waals surface area contributed by atoms with Crippen LogP contribution in [-0.2, 0) is 0 Å². The Kier molecular flexibility index (Phi) is 2.96. The van der Waals surface area contributed by atoms with Crippen LogP contribution in [0.15, 0.2) is 42.3 Å². The van der Waals surface area contributed by atoms with Crippen LogP contribution in [-0.4, -0.2) is 31.7 Å². The average molecular weight is 298 g/mol. The van der Waals surface area contributed by atoms with Gasteiger partial charge in [0.1, 0.15) is 5.69 Å². The number of pyridine rings is 1. The molecule has 4 heterocycles. The molecule has 21 heavy (non-hydrogen) atoms. The molecule has 0 spiro atoms. The van der Waals surface area contributed by atoms with E-state index in [1.54, 1.807) is 6.20 Å². The number of imidazole rings is 1. The molecular formula is C15H14N4OS. The summed E-state index contributed by atoms with van der Waals surface area (Å²) in [6, 6.07) is 4.07. The molecule has 0 aromatic carbocycles. The van der Waals surface area contributed by atoms with E-state index >= 15 is 0 Å². The normalized spacial score (nSPS) is 18.5. The molecule has 3 aromatic rings. The van der Waals surface area contributed by atoms with Gasteiger partial charge in [-0.25, -0.2) is 4.98 Å². The Morgan fingerprint density at radius 3 is 3.19 bits per heavy atom. The van der Waals surface area contributed by atoms with Crippen LogP contribution in [0.5, 0.6) is 0 Å². The lowest BCUT2D eigenvalue weighted by Gasteiger charge is -2.23. The van der Waals surface area contributed by atoms with Gasteiger partial charge in [0.15, 0.2) is 4.96 Å². The average Bonchev–Trinajstić information content (AvgIpc) is 3.22. The standard InChI is InChI=1S/C15H14N4OS/c20-14(12-10-18-7-8-21-15(18)17-12)19-6-2-4-13(19)11-3-1-5-16-9-11/h1,3,5,7-10,13H,2,4,6H2. The van der Waals surface area contributed by atoms with E-state index in [1.807, 2.05) is 45.4 Å². The molecule has 1 atom stereocenters. The second-order valence-corrected chi connectivity index (χ2v) is 6.03. The van der Waals surface area contributed by atoms with Gasteiger partial charge >= 0.3 is 0 Å². The van der Waals surface area contributed by atoms with E-state index in [-0.39, 0.29) is 11.9 Å². The lowest BCUT2D eigenvalue weighted by atomic mass is 10.1. The number of carbonyl (C=O) groups is 1. The molecule has 1 fully saturated rings. The molecule has 1 aliphatic heterocycles. The molecule has 4 rings (SSSR count). The molecule has 6 heteroatoms. The van der Waals surface area contributed by atoms with Crippen LogP contribution >= 0.6 is 11.3 Å². The number of likely N-dealkylation sites (tertiary alicyclic amines) is 1. The number of thiazole rings is 1. The van der Waals surface area contributed by atoms with E-state index in [0.717, 1.165) is 29.9 Å². The van der Waals surface area contributed by atoms with E-state index in [1.165, 1.54) is 11.3 Å². The maximum atomic E-state index is 12.7. The minimum Gasteiger partial charge on any atom is -0.330 e. The number of fused-ring (bicyclic) bond motifs is 1. The molecule has 0 aliphatic carbocycles. The molecule has 1 aliphatic rings. The summed E-state index contributed by atoms with van der Waals surface area (Å²) in [5, 5.41) is 1.96. The summed E-state index contributed by atoms with van der Waals surface area (Å²) in [5.74, 6) is 0.0113. The lowest BCUT2D eigenvalue weighted by molar-refractivity contribution is 0.0730. The molecular weight excluding hydrogens is 284 g/mol. The number of hydrogen-bond donors (Lipinski definition) is 0. The van der Waals surface area contributed by atoms with Crippen LogP contribution in [0, 0.1) is 0 Å². The van der Waals surface area contributed by atoms with Crippen molar-refractivity contribution in [1.29, 1.82) is 0 Å². The predicted octanol–water partition coefficient (Wildman–Crippen LogP) is 2.77. The maximum Gasteiger partial charge on any atom is 0.274 e. The van der Waals surface area contributed by atoms with Crippen molar-refractivity contribution in [3.05, 3.63) is 53.6 Å². The highest BCUT2D eigenvalue weighted by Gasteiger charge is 2.31. The van der Waals surface area contributed by atoms with Gasteiger partial charge in [-0.15, -0.1) is 11.3 Å². The molecule has 1 unspecified atom stereocenters. The summed E-state index contributed by atoms with van der Waals surface area (Å²) in [6.07, 6.45) is 9.35. The minimum atomic E-state index is 0.0113. The summed E-state index contributed by atoms with van der Waals surface area (Å²) >= 11 is 1.54. The first kappa shape index (κ1) is 12.5. The van der Waals surface area contributed by atoms with Crippen LogP contribution in [0.1, 0.15) is 34.9 Å². The van der Waals surface area contributed by atoms with Crippen molar-refractivity contribution >= 4 is 22.2 Å². The summed E-state index contributed by atoms with van der Waals surface area (Å²) in [4.78, 5) is 24.1. The van der Waals surface area contributed by atoms with E-state index in [2.05, 4.69) is 9.97 Å². The van der Waals surface area contributed by atoms with E-state index in [4.69, 9.17) is 0 Å². The van der Waals surface area contributed by atoms with Crippen LogP contribution < -0.4 is 0 Å². The van der Waals surface area contributed by atoms with Crippen molar-refractivity contribution < 1.29 is 4.79 Å². The molecule has 0 radical (unpaired) electrons. The predicted molar refractivity (Wildman–Crippen MR) is 80.3 cm³/mol. The van der Waals surface area contributed by atoms with Crippen molar-refractivity contribution in [3.8, 4) is 0 Å². The Morgan fingerprint density at radius 1 is 1.43 bits per heavy atom. The topological polar surface area (TPSA) is 50.5 Å². The van der Waals surface area contributed by atoms with E-state index in [9.17, 15) is 4.79 Å². The molecule has 0 bridgehead atoms. The van der Waals surface area contributed by atoms with Crippen LogP contribution in [0.3, 0.4) is 0 Å². The largest absolute Gasteiger partial charge is 0.330 e. The third-order valence-corrected chi connectivity index (χ3v) is 4.67. The molecule has 1 amide bonds. The SMILES string of the molecule is O=C(c1cn2ccsc2n1)N1CCCC1c1cccnc1. The fourth-order valence-electron chi connectivity index (χ4n) is 2.91. The Balaban J connectivity index is 1.65. The number of amides is 1. The summed E-state index contributed by atoms with van der Waals surface area (Å²) in [7, 11) is 0. The first-order chi connectivity index (χ1) is 10.3. The number of nitrogens with zero attached hydrogens (tertiary/aromatic N) is 4. The van der Waals surface area contributed by atoms with Crippen LogP contribution in [0.4, 0.5) is 0 Å². The first-order valence-electron chi connectivity index (χ1n) is 6.96. The molecule has 1 saturated heterocycles. The summed E-state index contributed by atoms with van der Waals surface area (Å²) in [5.41, 5.74) is 1.63. The van der Waals surface area contributed by atoms with Gasteiger partial charge in [0.05, 0.1) is 6.04 Å². The van der Waals surface area contributed by atoms with Crippen LogP contribution in [0.25, 0.3) is 4.96 Å². The van der Waals surface area contributed by atoms with Crippen LogP contribution in [0.2, 0.25) is 0 Å². The maximum absolute atomic E-state index is 12.7. The first-order valence-corrected chi connectivity index (χ1v) is 7.84. The third-order valence-electron chi connectivity index (χ3n) is 3.90. The van der Waals surface area contributed by atoms with E-state index in [0.29, 0.717) is 5.69 Å². The van der Waals surface area contributed by atoms with Crippen molar-refractivity contribution in [2.45, 2.75) is 18.9 Å². The molecule has 3 aromatic heterocycles. The van der Waals surface area contributed by atoms with Gasteiger partial charge in [0.2, 0.25) is 0 Å². The zero-order valence-corrected chi connectivity index (χ0v) is 12.2. The Morgan fingerprint density at radius 2 is 2.38 bits per heavy atom. The van der Waals surface area contributed by atoms with Gasteiger partial charge in [-0.1, -0.05) is 6.07 Å². The number of hydrogen-bond acceptors (Lipinski definition) is 4. The smallest absolute Gasteiger partial charge is 0.274 e. The second-order valence-electron chi connectivity index (χ2n) is 5.16. The molecule has 5 nitrogen and oxygen atoms in total. The summed E-state index contributed by atoms with van der Waals surface area (Å²) < 4.78 is 1.90. The van der Waals surface area contributed by atoms with Gasteiger partial charge in [-0.3, -0.25) is 14.2 Å². The monoisotopic (exact) mass is 298 g/mol. The minimum absolute atomic E-state index is 0.0113. The van der Waals surface area contributed by atoms with Crippen molar-refractivity contribution in [2.24, 2.45) is 0 Å². The molecule has 0 saturated carbocycles. The number of carbonyl (C=O) groups excluding carboxylic acids is 1. The van der Waals surface area contributed by atoms with Gasteiger partial charge < -0.3 is 4.90 Å². The zero-order chi connectivity index (χ0) is 14.2. The fraction of sp³-hybridized carbons (Fsp3) is 0.267. The third kappa shape index (κ3) is 2.12. The highest BCUT2D eigenvalue weighted by molar-refractivity contribution is 7.15. The van der Waals surface area contributed by atoms with Gasteiger partial charge in [0.25, 0.3) is 5.91 Å². The van der Waals surface area contributed by atoms with Crippen molar-refractivity contribution in [3.63, 3.8) is 0 Å². The van der Waals surface area contributed by atoms with E-state index < -0.39 is 0 Å². The molecule has 106 valence electrons. The van der Waals surface area contributed by atoms with Crippen molar-refractivity contribution in [1.82, 2.24) is 19.3 Å². The Bertz CT molecular complexity index is 751. The second kappa shape index (κ2) is 4.96. The molecule has 0 N–H and O–H groups in total. The summed E-state index contributed by atoms with van der Waals surface area (Å²) in [6.45, 7) is 0.781. The Labute approximate surface area is 125 Å². The Hall–Kier alpha value is -2.21. The fourth-order valence-corrected chi connectivity index (χ4v) is 3.61. The zero-order valence-electron chi connectivity index (χ0n) is 11.3. The quantitative estimate of drug-likeness (QED) is 0.731. The lowest BCUT2D eigenvalue weighted by Crippen LogP contribution is -2.30.